The average molecular weight is 402 g/mol. The van der Waals surface area contributed by atoms with E-state index in [0.29, 0.717) is 18.0 Å². The van der Waals surface area contributed by atoms with Crippen LogP contribution >= 0.6 is 15.9 Å². The molecule has 4 rings (SSSR count). The Morgan fingerprint density at radius 3 is 2.72 bits per heavy atom. The summed E-state index contributed by atoms with van der Waals surface area (Å²) < 4.78 is 11.5. The second kappa shape index (κ2) is 6.48. The highest BCUT2D eigenvalue weighted by molar-refractivity contribution is 9.10. The van der Waals surface area contributed by atoms with Crippen molar-refractivity contribution >= 4 is 21.8 Å². The molecule has 0 bridgehead atoms. The smallest absolute Gasteiger partial charge is 0.276 e. The van der Waals surface area contributed by atoms with Crippen LogP contribution in [0.15, 0.2) is 49.9 Å². The first-order valence-corrected chi connectivity index (χ1v) is 8.88. The van der Waals surface area contributed by atoms with Gasteiger partial charge in [-0.05, 0) is 31.9 Å². The highest BCUT2D eigenvalue weighted by atomic mass is 79.9. The fourth-order valence-electron chi connectivity index (χ4n) is 3.13. The van der Waals surface area contributed by atoms with Gasteiger partial charge in [0.25, 0.3) is 5.91 Å². The lowest BCUT2D eigenvalue weighted by Crippen LogP contribution is -2.30. The molecule has 0 N–H and O–H groups in total. The number of hydrogen-bond donors (Lipinski definition) is 0. The molecule has 0 spiro atoms. The van der Waals surface area contributed by atoms with Gasteiger partial charge >= 0.3 is 0 Å². The Bertz CT molecular complexity index is 900. The number of hydrogen-bond acceptors (Lipinski definition) is 5. The molecule has 2 aromatic heterocycles. The minimum absolute atomic E-state index is 0.0715. The molecular formula is C18H16BrN3O3. The van der Waals surface area contributed by atoms with Crippen LogP contribution in [0.25, 0.3) is 11.3 Å². The molecule has 0 saturated carbocycles. The maximum atomic E-state index is 12.9. The minimum Gasteiger partial charge on any atom is -0.361 e. The van der Waals surface area contributed by atoms with Crippen molar-refractivity contribution in [2.75, 3.05) is 6.54 Å². The van der Waals surface area contributed by atoms with Gasteiger partial charge in [0.2, 0.25) is 0 Å². The zero-order valence-corrected chi connectivity index (χ0v) is 15.2. The van der Waals surface area contributed by atoms with Crippen molar-refractivity contribution in [2.24, 2.45) is 0 Å². The van der Waals surface area contributed by atoms with Gasteiger partial charge in [-0.2, -0.15) is 0 Å². The van der Waals surface area contributed by atoms with Crippen LogP contribution < -0.4 is 0 Å². The molecule has 1 aliphatic heterocycles. The molecule has 6 nitrogen and oxygen atoms in total. The molecule has 0 radical (unpaired) electrons. The summed E-state index contributed by atoms with van der Waals surface area (Å²) in [5, 5.41) is 8.04. The van der Waals surface area contributed by atoms with Gasteiger partial charge in [0, 0.05) is 28.7 Å². The average Bonchev–Trinajstić information content (AvgIpc) is 3.35. The van der Waals surface area contributed by atoms with Crippen molar-refractivity contribution in [1.29, 1.82) is 0 Å². The predicted molar refractivity (Wildman–Crippen MR) is 93.9 cm³/mol. The Hall–Kier alpha value is -2.41. The number of carbonyl (C=O) groups is 1. The quantitative estimate of drug-likeness (QED) is 0.650. The van der Waals surface area contributed by atoms with E-state index in [1.54, 1.807) is 11.0 Å². The van der Waals surface area contributed by atoms with Crippen molar-refractivity contribution in [3.8, 4) is 11.3 Å². The lowest BCUT2D eigenvalue weighted by molar-refractivity contribution is 0.0720. The molecule has 0 aliphatic carbocycles. The summed E-state index contributed by atoms with van der Waals surface area (Å²) in [6.07, 6.45) is 1.80. The van der Waals surface area contributed by atoms with E-state index < -0.39 is 0 Å². The third-order valence-corrected chi connectivity index (χ3v) is 4.89. The van der Waals surface area contributed by atoms with E-state index >= 15 is 0 Å². The molecule has 25 heavy (non-hydrogen) atoms. The van der Waals surface area contributed by atoms with Crippen LogP contribution in [0, 0.1) is 6.92 Å². The maximum Gasteiger partial charge on any atom is 0.276 e. The topological polar surface area (TPSA) is 72.4 Å². The summed E-state index contributed by atoms with van der Waals surface area (Å²) in [7, 11) is 0. The van der Waals surface area contributed by atoms with Gasteiger partial charge in [-0.25, -0.2) is 0 Å². The number of halogens is 1. The first-order chi connectivity index (χ1) is 12.1. The number of likely N-dealkylation sites (tertiary alicyclic amines) is 1. The summed E-state index contributed by atoms with van der Waals surface area (Å²) >= 11 is 3.40. The largest absolute Gasteiger partial charge is 0.361 e. The Morgan fingerprint density at radius 2 is 2.00 bits per heavy atom. The number of benzene rings is 1. The van der Waals surface area contributed by atoms with Crippen LogP contribution in [0.4, 0.5) is 0 Å². The number of carbonyl (C=O) groups excluding carboxylic acids is 1. The Morgan fingerprint density at radius 1 is 1.20 bits per heavy atom. The summed E-state index contributed by atoms with van der Waals surface area (Å²) in [6, 6.07) is 11.2. The second-order valence-electron chi connectivity index (χ2n) is 6.10. The normalized spacial score (nSPS) is 17.2. The number of aryl methyl sites for hydroxylation is 1. The van der Waals surface area contributed by atoms with Crippen molar-refractivity contribution < 1.29 is 13.8 Å². The zero-order chi connectivity index (χ0) is 17.4. The Labute approximate surface area is 152 Å². The van der Waals surface area contributed by atoms with Gasteiger partial charge in [-0.1, -0.05) is 38.4 Å². The third kappa shape index (κ3) is 3.11. The van der Waals surface area contributed by atoms with E-state index in [2.05, 4.69) is 26.2 Å². The second-order valence-corrected chi connectivity index (χ2v) is 7.02. The number of nitrogens with zero attached hydrogens (tertiary/aromatic N) is 3. The van der Waals surface area contributed by atoms with Crippen molar-refractivity contribution in [1.82, 2.24) is 15.2 Å². The number of rotatable bonds is 3. The van der Waals surface area contributed by atoms with Crippen LogP contribution in [0.1, 0.15) is 40.8 Å². The van der Waals surface area contributed by atoms with Crippen molar-refractivity contribution in [3.05, 3.63) is 58.0 Å². The lowest BCUT2D eigenvalue weighted by Gasteiger charge is -2.21. The van der Waals surface area contributed by atoms with Crippen LogP contribution in [-0.2, 0) is 0 Å². The van der Waals surface area contributed by atoms with Gasteiger partial charge in [-0.15, -0.1) is 0 Å². The molecule has 1 fully saturated rings. The Balaban J connectivity index is 1.57. The van der Waals surface area contributed by atoms with Gasteiger partial charge in [-0.3, -0.25) is 4.79 Å². The van der Waals surface area contributed by atoms with E-state index in [1.165, 1.54) is 0 Å². The van der Waals surface area contributed by atoms with Crippen LogP contribution in [-0.4, -0.2) is 27.7 Å². The highest BCUT2D eigenvalue weighted by Gasteiger charge is 2.34. The van der Waals surface area contributed by atoms with E-state index in [-0.39, 0.29) is 11.9 Å². The first-order valence-electron chi connectivity index (χ1n) is 8.08. The van der Waals surface area contributed by atoms with Crippen LogP contribution in [0.2, 0.25) is 0 Å². The van der Waals surface area contributed by atoms with E-state index in [1.807, 2.05) is 37.3 Å². The SMILES string of the molecule is Cc1cc(C2CCCN2C(=O)c2cc(-c3ccc(Br)cc3)on2)no1. The van der Waals surface area contributed by atoms with Crippen molar-refractivity contribution in [2.45, 2.75) is 25.8 Å². The summed E-state index contributed by atoms with van der Waals surface area (Å²) in [5.41, 5.74) is 1.98. The zero-order valence-electron chi connectivity index (χ0n) is 13.6. The molecule has 1 atom stereocenters. The molecule has 3 heterocycles. The maximum absolute atomic E-state index is 12.9. The fraction of sp³-hybridized carbons (Fsp3) is 0.278. The van der Waals surface area contributed by atoms with Crippen LogP contribution in [0.5, 0.6) is 0 Å². The summed E-state index contributed by atoms with van der Waals surface area (Å²) in [5.74, 6) is 1.17. The molecular weight excluding hydrogens is 386 g/mol. The molecule has 1 aliphatic rings. The lowest BCUT2D eigenvalue weighted by atomic mass is 10.1. The van der Waals surface area contributed by atoms with Crippen LogP contribution in [0.3, 0.4) is 0 Å². The molecule has 1 saturated heterocycles. The number of amides is 1. The predicted octanol–water partition coefficient (Wildman–Crippen LogP) is 4.38. The van der Waals surface area contributed by atoms with E-state index in [4.69, 9.17) is 9.05 Å². The minimum atomic E-state index is -0.143. The third-order valence-electron chi connectivity index (χ3n) is 4.36. The van der Waals surface area contributed by atoms with E-state index in [0.717, 1.165) is 34.3 Å². The number of aromatic nitrogens is 2. The monoisotopic (exact) mass is 401 g/mol. The highest BCUT2D eigenvalue weighted by Crippen LogP contribution is 2.33. The Kier molecular flexibility index (Phi) is 4.17. The van der Waals surface area contributed by atoms with Crippen molar-refractivity contribution in [3.63, 3.8) is 0 Å². The first kappa shape index (κ1) is 16.1. The molecule has 1 aromatic carbocycles. The fourth-order valence-corrected chi connectivity index (χ4v) is 3.40. The summed E-state index contributed by atoms with van der Waals surface area (Å²) in [6.45, 7) is 2.52. The molecule has 1 unspecified atom stereocenters. The van der Waals surface area contributed by atoms with Gasteiger partial charge in [0.15, 0.2) is 11.5 Å². The van der Waals surface area contributed by atoms with Gasteiger partial charge in [0.05, 0.1) is 6.04 Å². The van der Waals surface area contributed by atoms with Gasteiger partial charge < -0.3 is 13.9 Å². The standard InChI is InChI=1S/C18H16BrN3O3/c1-11-9-14(20-24-11)16-3-2-8-22(16)18(23)15-10-17(25-21-15)12-4-6-13(19)7-5-12/h4-7,9-10,16H,2-3,8H2,1H3. The molecule has 128 valence electrons. The van der Waals surface area contributed by atoms with E-state index in [9.17, 15) is 4.79 Å². The molecule has 1 amide bonds. The summed E-state index contributed by atoms with van der Waals surface area (Å²) in [4.78, 5) is 14.7. The van der Waals surface area contributed by atoms with Gasteiger partial charge in [0.1, 0.15) is 11.5 Å². The molecule has 3 aromatic rings. The molecule has 7 heteroatoms.